The summed E-state index contributed by atoms with van der Waals surface area (Å²) < 4.78 is 0. The molecule has 92 valence electrons. The summed E-state index contributed by atoms with van der Waals surface area (Å²) in [6, 6.07) is 5.76. The summed E-state index contributed by atoms with van der Waals surface area (Å²) >= 11 is 0. The van der Waals surface area contributed by atoms with Crippen molar-refractivity contribution >= 4 is 17.2 Å². The first-order chi connectivity index (χ1) is 7.70. The first-order valence-corrected chi connectivity index (χ1v) is 5.55. The third-order valence-electron chi connectivity index (χ3n) is 2.82. The molecule has 4 heteroatoms. The zero-order valence-electron chi connectivity index (χ0n) is 10.1. The SMILES string of the molecule is C[NH+](C)CCc1c[nH]c2ccc(C=O)cc12.[Cl-]. The summed E-state index contributed by atoms with van der Waals surface area (Å²) in [6.07, 6.45) is 3.97. The number of rotatable bonds is 4. The fourth-order valence-corrected chi connectivity index (χ4v) is 1.86. The van der Waals surface area contributed by atoms with Crippen LogP contribution in [0.2, 0.25) is 0 Å². The van der Waals surface area contributed by atoms with Gasteiger partial charge in [0.1, 0.15) is 6.29 Å². The van der Waals surface area contributed by atoms with Gasteiger partial charge in [-0.1, -0.05) is 0 Å². The maximum atomic E-state index is 10.7. The Hall–Kier alpha value is -1.32. The van der Waals surface area contributed by atoms with Gasteiger partial charge in [-0.15, -0.1) is 0 Å². The number of aldehydes is 1. The van der Waals surface area contributed by atoms with Gasteiger partial charge in [-0.3, -0.25) is 4.79 Å². The first kappa shape index (κ1) is 13.7. The second-order valence-corrected chi connectivity index (χ2v) is 4.44. The highest BCUT2D eigenvalue weighted by Gasteiger charge is 2.05. The van der Waals surface area contributed by atoms with E-state index in [-0.39, 0.29) is 12.4 Å². The van der Waals surface area contributed by atoms with Gasteiger partial charge in [0.05, 0.1) is 20.6 Å². The number of likely N-dealkylation sites (N-methyl/N-ethyl adjacent to an activating group) is 1. The largest absolute Gasteiger partial charge is 1.00 e. The summed E-state index contributed by atoms with van der Waals surface area (Å²) in [7, 11) is 4.29. The molecule has 0 unspecified atom stereocenters. The van der Waals surface area contributed by atoms with E-state index in [0.717, 1.165) is 30.3 Å². The summed E-state index contributed by atoms with van der Waals surface area (Å²) in [6.45, 7) is 1.10. The Balaban J connectivity index is 0.00000144. The molecule has 2 aromatic rings. The quantitative estimate of drug-likeness (QED) is 0.589. The number of hydrogen-bond acceptors (Lipinski definition) is 1. The minimum atomic E-state index is 0. The van der Waals surface area contributed by atoms with Gasteiger partial charge in [0.25, 0.3) is 0 Å². The molecule has 0 aliphatic rings. The molecule has 0 atom stereocenters. The molecule has 1 aromatic heterocycles. The number of halogens is 1. The lowest BCUT2D eigenvalue weighted by atomic mass is 10.1. The lowest BCUT2D eigenvalue weighted by Gasteiger charge is -2.05. The fraction of sp³-hybridized carbons (Fsp3) is 0.308. The van der Waals surface area contributed by atoms with Crippen molar-refractivity contribution in [2.24, 2.45) is 0 Å². The van der Waals surface area contributed by atoms with Gasteiger partial charge in [-0.25, -0.2) is 0 Å². The zero-order chi connectivity index (χ0) is 11.5. The molecule has 2 N–H and O–H groups in total. The summed E-state index contributed by atoms with van der Waals surface area (Å²) in [5.74, 6) is 0. The van der Waals surface area contributed by atoms with Gasteiger partial charge in [0.2, 0.25) is 0 Å². The number of aromatic nitrogens is 1. The molecule has 0 fully saturated rings. The second-order valence-electron chi connectivity index (χ2n) is 4.44. The van der Waals surface area contributed by atoms with E-state index in [1.165, 1.54) is 15.8 Å². The van der Waals surface area contributed by atoms with Crippen LogP contribution in [0.4, 0.5) is 0 Å². The van der Waals surface area contributed by atoms with Crippen molar-refractivity contribution in [3.63, 3.8) is 0 Å². The van der Waals surface area contributed by atoms with Gasteiger partial charge < -0.3 is 22.3 Å². The van der Waals surface area contributed by atoms with Crippen molar-refractivity contribution in [3.8, 4) is 0 Å². The van der Waals surface area contributed by atoms with E-state index in [1.807, 2.05) is 24.4 Å². The molecule has 0 spiro atoms. The number of benzene rings is 1. The van der Waals surface area contributed by atoms with Gasteiger partial charge >= 0.3 is 0 Å². The summed E-state index contributed by atoms with van der Waals surface area (Å²) in [5.41, 5.74) is 3.14. The van der Waals surface area contributed by atoms with Crippen molar-refractivity contribution in [1.82, 2.24) is 4.98 Å². The molecule has 1 aromatic carbocycles. The van der Waals surface area contributed by atoms with E-state index >= 15 is 0 Å². The van der Waals surface area contributed by atoms with Crippen molar-refractivity contribution in [3.05, 3.63) is 35.5 Å². The maximum absolute atomic E-state index is 10.7. The van der Waals surface area contributed by atoms with Crippen molar-refractivity contribution in [2.75, 3.05) is 20.6 Å². The molecule has 0 aliphatic carbocycles. The number of carbonyl (C=O) groups is 1. The van der Waals surface area contributed by atoms with Crippen LogP contribution >= 0.6 is 0 Å². The molecule has 2 rings (SSSR count). The molecular formula is C13H17ClN2O. The number of carbonyl (C=O) groups excluding carboxylic acids is 1. The minimum absolute atomic E-state index is 0. The monoisotopic (exact) mass is 252 g/mol. The Morgan fingerprint density at radius 3 is 2.76 bits per heavy atom. The molecule has 0 saturated carbocycles. The van der Waals surface area contributed by atoms with Gasteiger partial charge in [0, 0.05) is 29.1 Å². The fourth-order valence-electron chi connectivity index (χ4n) is 1.86. The molecule has 0 saturated heterocycles. The maximum Gasteiger partial charge on any atom is 0.150 e. The Kier molecular flexibility index (Phi) is 4.73. The predicted octanol–water partition coefficient (Wildman–Crippen LogP) is -2.33. The van der Waals surface area contributed by atoms with Crippen LogP contribution in [0.15, 0.2) is 24.4 Å². The number of quaternary nitrogens is 1. The smallest absolute Gasteiger partial charge is 0.150 e. The third-order valence-corrected chi connectivity index (χ3v) is 2.82. The van der Waals surface area contributed by atoms with Gasteiger partial charge in [0.15, 0.2) is 0 Å². The lowest BCUT2D eigenvalue weighted by molar-refractivity contribution is -0.858. The van der Waals surface area contributed by atoms with E-state index < -0.39 is 0 Å². The standard InChI is InChI=1S/C13H16N2O.ClH/c1-15(2)6-5-11-8-14-13-4-3-10(9-16)7-12(11)13;/h3-4,7-9,14H,5-6H2,1-2H3;1H. The second kappa shape index (κ2) is 5.84. The van der Waals surface area contributed by atoms with Gasteiger partial charge in [-0.2, -0.15) is 0 Å². The molecule has 0 bridgehead atoms. The lowest BCUT2D eigenvalue weighted by Crippen LogP contribution is -3.05. The summed E-state index contributed by atoms with van der Waals surface area (Å²) in [4.78, 5) is 15.4. The van der Waals surface area contributed by atoms with Crippen LogP contribution in [0.3, 0.4) is 0 Å². The van der Waals surface area contributed by atoms with E-state index in [9.17, 15) is 4.79 Å². The average molecular weight is 253 g/mol. The van der Waals surface area contributed by atoms with E-state index in [1.54, 1.807) is 0 Å². The predicted molar refractivity (Wildman–Crippen MR) is 65.1 cm³/mol. The molecule has 3 nitrogen and oxygen atoms in total. The summed E-state index contributed by atoms with van der Waals surface area (Å²) in [5, 5.41) is 1.17. The number of hydrogen-bond donors (Lipinski definition) is 2. The zero-order valence-corrected chi connectivity index (χ0v) is 10.8. The Morgan fingerprint density at radius 1 is 1.35 bits per heavy atom. The molecular weight excluding hydrogens is 236 g/mol. The molecule has 0 radical (unpaired) electrons. The van der Waals surface area contributed by atoms with Crippen molar-refractivity contribution < 1.29 is 22.1 Å². The number of aromatic amines is 1. The topological polar surface area (TPSA) is 37.3 Å². The van der Waals surface area contributed by atoms with Gasteiger partial charge in [-0.05, 0) is 23.8 Å². The van der Waals surface area contributed by atoms with E-state index in [0.29, 0.717) is 0 Å². The number of fused-ring (bicyclic) bond motifs is 1. The minimum Gasteiger partial charge on any atom is -1.00 e. The highest BCUT2D eigenvalue weighted by Crippen LogP contribution is 2.19. The van der Waals surface area contributed by atoms with Crippen LogP contribution in [-0.2, 0) is 6.42 Å². The number of nitrogens with one attached hydrogen (secondary N) is 2. The first-order valence-electron chi connectivity index (χ1n) is 5.55. The Bertz CT molecular complexity index is 505. The van der Waals surface area contributed by atoms with Crippen LogP contribution in [0.5, 0.6) is 0 Å². The molecule has 17 heavy (non-hydrogen) atoms. The van der Waals surface area contributed by atoms with E-state index in [4.69, 9.17) is 0 Å². The van der Waals surface area contributed by atoms with Crippen LogP contribution in [0.1, 0.15) is 15.9 Å². The van der Waals surface area contributed by atoms with E-state index in [2.05, 4.69) is 19.1 Å². The van der Waals surface area contributed by atoms with Crippen LogP contribution < -0.4 is 17.3 Å². The Morgan fingerprint density at radius 2 is 2.12 bits per heavy atom. The van der Waals surface area contributed by atoms with Crippen LogP contribution in [-0.4, -0.2) is 31.9 Å². The Labute approximate surface area is 107 Å². The normalized spacial score (nSPS) is 10.5. The molecule has 1 heterocycles. The third kappa shape index (κ3) is 3.08. The number of H-pyrrole nitrogens is 1. The highest BCUT2D eigenvalue weighted by molar-refractivity contribution is 5.89. The highest BCUT2D eigenvalue weighted by atomic mass is 35.5. The van der Waals surface area contributed by atoms with Crippen LogP contribution in [0, 0.1) is 0 Å². The molecule has 0 aliphatic heterocycles. The van der Waals surface area contributed by atoms with Crippen molar-refractivity contribution in [2.45, 2.75) is 6.42 Å². The van der Waals surface area contributed by atoms with Crippen LogP contribution in [0.25, 0.3) is 10.9 Å². The average Bonchev–Trinajstić information content (AvgIpc) is 2.68. The molecule has 0 amide bonds. The van der Waals surface area contributed by atoms with Crippen molar-refractivity contribution in [1.29, 1.82) is 0 Å².